The largest absolute Gasteiger partial charge is 0.385 e. The van der Waals surface area contributed by atoms with Gasteiger partial charge in [0.15, 0.2) is 0 Å². The highest BCUT2D eigenvalue weighted by Gasteiger charge is 2.05. The third-order valence-corrected chi connectivity index (χ3v) is 4.21. The minimum Gasteiger partial charge on any atom is -0.385 e. The SMILES string of the molecule is CCS(=O)(=O)CCCNc1ccc(C#N)cc1. The van der Waals surface area contributed by atoms with Crippen LogP contribution in [0, 0.1) is 11.3 Å². The first kappa shape index (κ1) is 13.5. The van der Waals surface area contributed by atoms with Gasteiger partial charge in [0.2, 0.25) is 0 Å². The maximum atomic E-state index is 11.2. The molecule has 0 aliphatic rings. The number of nitrogens with one attached hydrogen (secondary N) is 1. The van der Waals surface area contributed by atoms with Gasteiger partial charge >= 0.3 is 0 Å². The van der Waals surface area contributed by atoms with Gasteiger partial charge in [-0.05, 0) is 30.7 Å². The maximum absolute atomic E-state index is 11.2. The van der Waals surface area contributed by atoms with Crippen LogP contribution in [0.3, 0.4) is 0 Å². The zero-order valence-corrected chi connectivity index (χ0v) is 10.6. The van der Waals surface area contributed by atoms with E-state index in [0.29, 0.717) is 18.5 Å². The molecule has 0 heterocycles. The molecule has 0 aliphatic carbocycles. The van der Waals surface area contributed by atoms with Crippen molar-refractivity contribution in [3.8, 4) is 6.07 Å². The molecule has 0 unspecified atom stereocenters. The van der Waals surface area contributed by atoms with Gasteiger partial charge in [-0.15, -0.1) is 0 Å². The number of hydrogen-bond acceptors (Lipinski definition) is 4. The van der Waals surface area contributed by atoms with E-state index in [1.807, 2.05) is 18.2 Å². The molecule has 1 N–H and O–H groups in total. The monoisotopic (exact) mass is 252 g/mol. The molecule has 0 saturated carbocycles. The molecule has 92 valence electrons. The summed E-state index contributed by atoms with van der Waals surface area (Å²) in [6.07, 6.45) is 0.593. The van der Waals surface area contributed by atoms with E-state index in [4.69, 9.17) is 5.26 Å². The highest BCUT2D eigenvalue weighted by atomic mass is 32.2. The van der Waals surface area contributed by atoms with Crippen LogP contribution in [0.2, 0.25) is 0 Å². The van der Waals surface area contributed by atoms with Crippen molar-refractivity contribution in [3.05, 3.63) is 29.8 Å². The maximum Gasteiger partial charge on any atom is 0.150 e. The number of hydrogen-bond donors (Lipinski definition) is 1. The van der Waals surface area contributed by atoms with Gasteiger partial charge in [-0.25, -0.2) is 8.42 Å². The van der Waals surface area contributed by atoms with Crippen molar-refractivity contribution < 1.29 is 8.42 Å². The second-order valence-electron chi connectivity index (χ2n) is 3.71. The lowest BCUT2D eigenvalue weighted by Crippen LogP contribution is -2.12. The standard InChI is InChI=1S/C12H16N2O2S/c1-2-17(15,16)9-3-8-14-12-6-4-11(10-13)5-7-12/h4-7,14H,2-3,8-9H2,1H3. The lowest BCUT2D eigenvalue weighted by atomic mass is 10.2. The summed E-state index contributed by atoms with van der Waals surface area (Å²) in [5.41, 5.74) is 1.52. The van der Waals surface area contributed by atoms with Crippen molar-refractivity contribution in [1.82, 2.24) is 0 Å². The second kappa shape index (κ2) is 6.26. The second-order valence-corrected chi connectivity index (χ2v) is 6.18. The van der Waals surface area contributed by atoms with E-state index in [9.17, 15) is 8.42 Å². The number of benzene rings is 1. The van der Waals surface area contributed by atoms with Crippen molar-refractivity contribution in [1.29, 1.82) is 5.26 Å². The Bertz CT molecular complexity index is 486. The van der Waals surface area contributed by atoms with Crippen LogP contribution in [-0.4, -0.2) is 26.5 Å². The molecule has 0 amide bonds. The van der Waals surface area contributed by atoms with Crippen LogP contribution < -0.4 is 5.32 Å². The predicted molar refractivity (Wildman–Crippen MR) is 68.6 cm³/mol. The van der Waals surface area contributed by atoms with Crippen LogP contribution in [0.4, 0.5) is 5.69 Å². The summed E-state index contributed by atoms with van der Waals surface area (Å²) >= 11 is 0. The van der Waals surface area contributed by atoms with Crippen molar-refractivity contribution in [3.63, 3.8) is 0 Å². The normalized spacial score (nSPS) is 10.8. The van der Waals surface area contributed by atoms with E-state index in [0.717, 1.165) is 5.69 Å². The molecular weight excluding hydrogens is 236 g/mol. The number of rotatable bonds is 6. The minimum atomic E-state index is -2.87. The van der Waals surface area contributed by atoms with Crippen molar-refractivity contribution in [2.75, 3.05) is 23.4 Å². The van der Waals surface area contributed by atoms with Crippen molar-refractivity contribution in [2.24, 2.45) is 0 Å². The number of sulfone groups is 1. The van der Waals surface area contributed by atoms with Crippen LogP contribution in [-0.2, 0) is 9.84 Å². The third kappa shape index (κ3) is 4.87. The molecule has 0 bridgehead atoms. The Morgan fingerprint density at radius 2 is 1.94 bits per heavy atom. The molecule has 17 heavy (non-hydrogen) atoms. The van der Waals surface area contributed by atoms with E-state index in [1.54, 1.807) is 19.1 Å². The molecular formula is C12H16N2O2S. The van der Waals surface area contributed by atoms with Crippen molar-refractivity contribution >= 4 is 15.5 Å². The van der Waals surface area contributed by atoms with Gasteiger partial charge in [0, 0.05) is 18.0 Å². The van der Waals surface area contributed by atoms with Crippen LogP contribution in [0.25, 0.3) is 0 Å². The highest BCUT2D eigenvalue weighted by molar-refractivity contribution is 7.91. The third-order valence-electron chi connectivity index (χ3n) is 2.42. The van der Waals surface area contributed by atoms with Gasteiger partial charge in [-0.2, -0.15) is 5.26 Å². The summed E-state index contributed by atoms with van der Waals surface area (Å²) in [5, 5.41) is 11.7. The Balaban J connectivity index is 2.34. The zero-order valence-electron chi connectivity index (χ0n) is 9.81. The molecule has 1 rings (SSSR count). The fourth-order valence-corrected chi connectivity index (χ4v) is 2.20. The Hall–Kier alpha value is -1.54. The van der Waals surface area contributed by atoms with E-state index in [1.165, 1.54) is 0 Å². The van der Waals surface area contributed by atoms with E-state index in [2.05, 4.69) is 5.32 Å². The number of nitriles is 1. The Labute approximate surface area is 102 Å². The fraction of sp³-hybridized carbons (Fsp3) is 0.417. The lowest BCUT2D eigenvalue weighted by molar-refractivity contribution is 0.595. The molecule has 0 fully saturated rings. The summed E-state index contributed by atoms with van der Waals surface area (Å²) in [4.78, 5) is 0. The lowest BCUT2D eigenvalue weighted by Gasteiger charge is -2.06. The van der Waals surface area contributed by atoms with Gasteiger partial charge in [-0.1, -0.05) is 6.92 Å². The Morgan fingerprint density at radius 3 is 2.47 bits per heavy atom. The average molecular weight is 252 g/mol. The zero-order chi connectivity index (χ0) is 12.7. The van der Waals surface area contributed by atoms with E-state index in [-0.39, 0.29) is 11.5 Å². The Morgan fingerprint density at radius 1 is 1.29 bits per heavy atom. The summed E-state index contributed by atoms with van der Waals surface area (Å²) < 4.78 is 22.5. The summed E-state index contributed by atoms with van der Waals surface area (Å²) in [5.74, 6) is 0.413. The van der Waals surface area contributed by atoms with Gasteiger partial charge in [0.25, 0.3) is 0 Å². The van der Waals surface area contributed by atoms with Crippen LogP contribution in [0.5, 0.6) is 0 Å². The van der Waals surface area contributed by atoms with Crippen LogP contribution in [0.1, 0.15) is 18.9 Å². The van der Waals surface area contributed by atoms with Crippen molar-refractivity contribution in [2.45, 2.75) is 13.3 Å². The minimum absolute atomic E-state index is 0.198. The van der Waals surface area contributed by atoms with E-state index >= 15 is 0 Å². The first-order chi connectivity index (χ1) is 8.07. The number of anilines is 1. The van der Waals surface area contributed by atoms with Crippen LogP contribution >= 0.6 is 0 Å². The molecule has 0 saturated heterocycles. The molecule has 1 aromatic rings. The first-order valence-corrected chi connectivity index (χ1v) is 7.34. The molecule has 0 aliphatic heterocycles. The summed E-state index contributed by atoms with van der Waals surface area (Å²) in [7, 11) is -2.87. The molecule has 0 radical (unpaired) electrons. The Kier molecular flexibility index (Phi) is 4.98. The average Bonchev–Trinajstić information content (AvgIpc) is 2.35. The molecule has 0 atom stereocenters. The predicted octanol–water partition coefficient (Wildman–Crippen LogP) is 1.79. The topological polar surface area (TPSA) is 70.0 Å². The highest BCUT2D eigenvalue weighted by Crippen LogP contribution is 2.08. The number of nitrogens with zero attached hydrogens (tertiary/aromatic N) is 1. The van der Waals surface area contributed by atoms with E-state index < -0.39 is 9.84 Å². The molecule has 4 nitrogen and oxygen atoms in total. The fourth-order valence-electron chi connectivity index (χ4n) is 1.33. The van der Waals surface area contributed by atoms with Gasteiger partial charge < -0.3 is 5.32 Å². The van der Waals surface area contributed by atoms with Gasteiger partial charge in [-0.3, -0.25) is 0 Å². The smallest absolute Gasteiger partial charge is 0.150 e. The molecule has 0 aromatic heterocycles. The molecule has 0 spiro atoms. The summed E-state index contributed by atoms with van der Waals surface area (Å²) in [6, 6.07) is 9.12. The van der Waals surface area contributed by atoms with Crippen LogP contribution in [0.15, 0.2) is 24.3 Å². The van der Waals surface area contributed by atoms with Gasteiger partial charge in [0.1, 0.15) is 9.84 Å². The molecule has 5 heteroatoms. The van der Waals surface area contributed by atoms with Gasteiger partial charge in [0.05, 0.1) is 17.4 Å². The first-order valence-electron chi connectivity index (χ1n) is 5.52. The molecule has 1 aromatic carbocycles. The summed E-state index contributed by atoms with van der Waals surface area (Å²) in [6.45, 7) is 2.27. The quantitative estimate of drug-likeness (QED) is 0.784.